The molecule has 0 aromatic heterocycles. The summed E-state index contributed by atoms with van der Waals surface area (Å²) in [6.07, 6.45) is 0.431. The highest BCUT2D eigenvalue weighted by molar-refractivity contribution is 4.44. The highest BCUT2D eigenvalue weighted by Crippen LogP contribution is 2.09. The molecule has 0 atom stereocenters. The van der Waals surface area contributed by atoms with E-state index in [9.17, 15) is 0 Å². The first-order chi connectivity index (χ1) is 3.68. The second kappa shape index (κ2) is 3.02. The van der Waals surface area contributed by atoms with E-state index in [0.717, 1.165) is 0 Å². The molecule has 0 bridgehead atoms. The van der Waals surface area contributed by atoms with Gasteiger partial charge < -0.3 is 14.6 Å². The van der Waals surface area contributed by atoms with Crippen molar-refractivity contribution in [3.05, 3.63) is 0 Å². The summed E-state index contributed by atoms with van der Waals surface area (Å²) in [5, 5.41) is 8.99. The van der Waals surface area contributed by atoms with Crippen LogP contribution in [-0.2, 0) is 9.47 Å². The van der Waals surface area contributed by atoms with Crippen molar-refractivity contribution in [2.45, 2.75) is 19.3 Å². The van der Waals surface area contributed by atoms with Gasteiger partial charge in [0.05, 0.1) is 0 Å². The Balaban J connectivity index is 3.58. The fourth-order valence-corrected chi connectivity index (χ4v) is 0.372. The minimum absolute atomic E-state index is 0.431. The third-order valence-corrected chi connectivity index (χ3v) is 1.08. The Morgan fingerprint density at radius 1 is 1.38 bits per heavy atom. The van der Waals surface area contributed by atoms with Gasteiger partial charge in [0.1, 0.15) is 0 Å². The number of hydrogen-bond acceptors (Lipinski definition) is 3. The topological polar surface area (TPSA) is 38.7 Å². The van der Waals surface area contributed by atoms with Gasteiger partial charge in [0.15, 0.2) is 0 Å². The Hall–Kier alpha value is -0.120. The van der Waals surface area contributed by atoms with Gasteiger partial charge >= 0.3 is 0 Å². The maximum absolute atomic E-state index is 8.99. The van der Waals surface area contributed by atoms with Crippen LogP contribution < -0.4 is 0 Å². The van der Waals surface area contributed by atoms with Gasteiger partial charge in [-0.25, -0.2) is 0 Å². The first kappa shape index (κ1) is 7.88. The van der Waals surface area contributed by atoms with E-state index in [1.165, 1.54) is 14.2 Å². The molecule has 0 aliphatic carbocycles. The van der Waals surface area contributed by atoms with Gasteiger partial charge in [-0.1, -0.05) is 6.92 Å². The molecule has 0 aliphatic rings. The number of aliphatic hydroxyl groups is 1. The summed E-state index contributed by atoms with van der Waals surface area (Å²) in [5.41, 5.74) is 0. The summed E-state index contributed by atoms with van der Waals surface area (Å²) in [6.45, 7) is 1.77. The summed E-state index contributed by atoms with van der Waals surface area (Å²) < 4.78 is 9.14. The van der Waals surface area contributed by atoms with Crippen molar-refractivity contribution in [3.8, 4) is 0 Å². The fourth-order valence-electron chi connectivity index (χ4n) is 0.372. The Morgan fingerprint density at radius 2 is 1.75 bits per heavy atom. The van der Waals surface area contributed by atoms with Gasteiger partial charge in [-0.3, -0.25) is 0 Å². The standard InChI is InChI=1S/C5H12O3/c1-4-5(6,7-2)8-3/h6H,4H2,1-3H3. The quantitative estimate of drug-likeness (QED) is 0.546. The van der Waals surface area contributed by atoms with E-state index in [1.807, 2.05) is 0 Å². The lowest BCUT2D eigenvalue weighted by atomic mass is 10.4. The van der Waals surface area contributed by atoms with Gasteiger partial charge in [0.2, 0.25) is 0 Å². The van der Waals surface area contributed by atoms with E-state index in [0.29, 0.717) is 6.42 Å². The summed E-state index contributed by atoms with van der Waals surface area (Å²) in [6, 6.07) is 0. The molecule has 0 radical (unpaired) electrons. The molecule has 0 heterocycles. The monoisotopic (exact) mass is 120 g/mol. The second-order valence-corrected chi connectivity index (χ2v) is 1.47. The lowest BCUT2D eigenvalue weighted by Gasteiger charge is -2.21. The molecule has 0 fully saturated rings. The number of methoxy groups -OCH3 is 2. The number of hydrogen-bond donors (Lipinski definition) is 1. The van der Waals surface area contributed by atoms with E-state index in [2.05, 4.69) is 9.47 Å². The van der Waals surface area contributed by atoms with Crippen LogP contribution in [0.1, 0.15) is 13.3 Å². The molecule has 0 unspecified atom stereocenters. The summed E-state index contributed by atoms with van der Waals surface area (Å²) in [4.78, 5) is 0. The van der Waals surface area contributed by atoms with Gasteiger partial charge in [-0.15, -0.1) is 0 Å². The average molecular weight is 120 g/mol. The molecular formula is C5H12O3. The van der Waals surface area contributed by atoms with E-state index in [4.69, 9.17) is 5.11 Å². The first-order valence-electron chi connectivity index (χ1n) is 2.51. The zero-order valence-electron chi connectivity index (χ0n) is 5.47. The molecule has 3 heteroatoms. The average Bonchev–Trinajstić information content (AvgIpc) is 1.87. The predicted molar refractivity (Wildman–Crippen MR) is 29.3 cm³/mol. The van der Waals surface area contributed by atoms with Crippen LogP contribution in [0.5, 0.6) is 0 Å². The number of ether oxygens (including phenoxy) is 2. The Bertz CT molecular complexity index is 50.4. The third kappa shape index (κ3) is 1.78. The third-order valence-electron chi connectivity index (χ3n) is 1.08. The zero-order valence-corrected chi connectivity index (χ0v) is 5.47. The van der Waals surface area contributed by atoms with E-state index < -0.39 is 5.97 Å². The summed E-state index contributed by atoms with van der Waals surface area (Å²) in [5.74, 6) is -1.38. The SMILES string of the molecule is CCC(O)(OC)OC. The summed E-state index contributed by atoms with van der Waals surface area (Å²) in [7, 11) is 2.79. The van der Waals surface area contributed by atoms with Crippen LogP contribution in [0, 0.1) is 0 Å². The molecular weight excluding hydrogens is 108 g/mol. The highest BCUT2D eigenvalue weighted by Gasteiger charge is 2.21. The predicted octanol–water partition coefficient (Wildman–Crippen LogP) is 0.335. The molecule has 1 N–H and O–H groups in total. The van der Waals surface area contributed by atoms with Gasteiger partial charge in [-0.2, -0.15) is 0 Å². The van der Waals surface area contributed by atoms with Crippen molar-refractivity contribution < 1.29 is 14.6 Å². The fraction of sp³-hybridized carbons (Fsp3) is 1.00. The van der Waals surface area contributed by atoms with Crippen molar-refractivity contribution in [2.75, 3.05) is 14.2 Å². The maximum atomic E-state index is 8.99. The maximum Gasteiger partial charge on any atom is 0.279 e. The Morgan fingerprint density at radius 3 is 1.75 bits per heavy atom. The molecule has 0 aromatic carbocycles. The van der Waals surface area contributed by atoms with Crippen molar-refractivity contribution in [3.63, 3.8) is 0 Å². The van der Waals surface area contributed by atoms with Crippen LogP contribution in [0.3, 0.4) is 0 Å². The van der Waals surface area contributed by atoms with Crippen molar-refractivity contribution in [2.24, 2.45) is 0 Å². The molecule has 3 nitrogen and oxygen atoms in total. The molecule has 0 amide bonds. The molecule has 50 valence electrons. The molecule has 0 spiro atoms. The minimum atomic E-state index is -1.38. The first-order valence-corrected chi connectivity index (χ1v) is 2.51. The van der Waals surface area contributed by atoms with Gasteiger partial charge in [0.25, 0.3) is 5.97 Å². The normalized spacial score (nSPS) is 12.0. The molecule has 0 aromatic rings. The van der Waals surface area contributed by atoms with Crippen LogP contribution in [0.25, 0.3) is 0 Å². The Kier molecular flexibility index (Phi) is 2.97. The number of rotatable bonds is 3. The second-order valence-electron chi connectivity index (χ2n) is 1.47. The van der Waals surface area contributed by atoms with Crippen LogP contribution in [0.4, 0.5) is 0 Å². The highest BCUT2D eigenvalue weighted by atomic mass is 16.8. The van der Waals surface area contributed by atoms with Crippen molar-refractivity contribution >= 4 is 0 Å². The largest absolute Gasteiger partial charge is 0.343 e. The van der Waals surface area contributed by atoms with E-state index in [1.54, 1.807) is 6.92 Å². The lowest BCUT2D eigenvalue weighted by Crippen LogP contribution is -2.31. The molecule has 8 heavy (non-hydrogen) atoms. The smallest absolute Gasteiger partial charge is 0.279 e. The lowest BCUT2D eigenvalue weighted by molar-refractivity contribution is -0.340. The van der Waals surface area contributed by atoms with Crippen molar-refractivity contribution in [1.29, 1.82) is 0 Å². The van der Waals surface area contributed by atoms with Crippen LogP contribution >= 0.6 is 0 Å². The molecule has 0 saturated heterocycles. The van der Waals surface area contributed by atoms with Crippen LogP contribution in [0.15, 0.2) is 0 Å². The van der Waals surface area contributed by atoms with Gasteiger partial charge in [-0.05, 0) is 0 Å². The summed E-state index contributed by atoms with van der Waals surface area (Å²) >= 11 is 0. The molecule has 0 rings (SSSR count). The Labute approximate surface area is 49.2 Å². The van der Waals surface area contributed by atoms with Gasteiger partial charge in [0, 0.05) is 20.6 Å². The molecule has 0 saturated carbocycles. The molecule has 0 aliphatic heterocycles. The minimum Gasteiger partial charge on any atom is -0.343 e. The zero-order chi connectivity index (χ0) is 6.62. The van der Waals surface area contributed by atoms with Crippen molar-refractivity contribution in [1.82, 2.24) is 0 Å². The van der Waals surface area contributed by atoms with E-state index in [-0.39, 0.29) is 0 Å². The van der Waals surface area contributed by atoms with E-state index >= 15 is 0 Å². The van der Waals surface area contributed by atoms with Crippen LogP contribution in [0.2, 0.25) is 0 Å². The van der Waals surface area contributed by atoms with Crippen LogP contribution in [-0.4, -0.2) is 25.3 Å².